The van der Waals surface area contributed by atoms with Crippen molar-refractivity contribution in [3.8, 4) is 0 Å². The molecule has 0 aliphatic carbocycles. The Balaban J connectivity index is 2.22. The normalized spacial score (nSPS) is 16.8. The van der Waals surface area contributed by atoms with E-state index in [1.165, 1.54) is 0 Å². The summed E-state index contributed by atoms with van der Waals surface area (Å²) in [5, 5.41) is 3.31. The number of hydrogen-bond acceptors (Lipinski definition) is 4. The van der Waals surface area contributed by atoms with E-state index in [2.05, 4.69) is 10.3 Å². The monoisotopic (exact) mass is 277 g/mol. The fraction of sp³-hybridized carbons (Fsp3) is 0.600. The maximum atomic E-state index is 12.5. The number of ether oxygens (including phenoxy) is 1. The van der Waals surface area contributed by atoms with Crippen LogP contribution in [0, 0.1) is 0 Å². The smallest absolute Gasteiger partial charge is 0.415 e. The lowest BCUT2D eigenvalue weighted by molar-refractivity contribution is 0.0559. The van der Waals surface area contributed by atoms with Gasteiger partial charge in [0.05, 0.1) is 11.9 Å². The predicted molar refractivity (Wildman–Crippen MR) is 78.8 cm³/mol. The number of pyridine rings is 1. The van der Waals surface area contributed by atoms with E-state index in [0.29, 0.717) is 0 Å². The van der Waals surface area contributed by atoms with Gasteiger partial charge in [0.25, 0.3) is 0 Å². The van der Waals surface area contributed by atoms with Crippen molar-refractivity contribution in [2.75, 3.05) is 18.0 Å². The van der Waals surface area contributed by atoms with Crippen LogP contribution in [0.3, 0.4) is 0 Å². The molecule has 5 nitrogen and oxygen atoms in total. The van der Waals surface area contributed by atoms with Crippen molar-refractivity contribution >= 4 is 11.8 Å². The topological polar surface area (TPSA) is 54.5 Å². The molecular formula is C15H23N3O2. The minimum Gasteiger partial charge on any atom is -0.443 e. The Hall–Kier alpha value is -1.62. The Morgan fingerprint density at radius 3 is 2.65 bits per heavy atom. The Bertz CT molecular complexity index is 436. The highest BCUT2D eigenvalue weighted by Crippen LogP contribution is 2.23. The van der Waals surface area contributed by atoms with E-state index in [1.807, 2.05) is 32.9 Å². The van der Waals surface area contributed by atoms with Gasteiger partial charge in [-0.2, -0.15) is 0 Å². The van der Waals surface area contributed by atoms with E-state index in [1.54, 1.807) is 17.3 Å². The molecule has 0 atom stereocenters. The molecule has 1 fully saturated rings. The van der Waals surface area contributed by atoms with E-state index in [9.17, 15) is 4.79 Å². The molecule has 0 bridgehead atoms. The third-order valence-corrected chi connectivity index (χ3v) is 3.19. The molecular weight excluding hydrogens is 254 g/mol. The predicted octanol–water partition coefficient (Wildman–Crippen LogP) is 2.58. The summed E-state index contributed by atoms with van der Waals surface area (Å²) in [6, 6.07) is 3.91. The molecule has 5 heteroatoms. The first-order chi connectivity index (χ1) is 9.47. The molecule has 0 aromatic carbocycles. The number of aromatic nitrogens is 1. The van der Waals surface area contributed by atoms with Crippen molar-refractivity contribution in [3.05, 3.63) is 24.5 Å². The van der Waals surface area contributed by atoms with E-state index < -0.39 is 5.60 Å². The van der Waals surface area contributed by atoms with Crippen LogP contribution < -0.4 is 10.2 Å². The Kier molecular flexibility index (Phi) is 4.60. The first-order valence-corrected chi connectivity index (χ1v) is 7.10. The lowest BCUT2D eigenvalue weighted by Crippen LogP contribution is -2.48. The first-order valence-electron chi connectivity index (χ1n) is 7.10. The molecule has 2 rings (SSSR count). The van der Waals surface area contributed by atoms with Crippen LogP contribution in [0.5, 0.6) is 0 Å². The standard InChI is InChI=1S/C15H23N3O2/c1-15(2,3)20-14(19)18(12-6-9-16-10-7-12)13-5-4-8-17-11-13/h4-5,8,11-12,16H,6-7,9-10H2,1-3H3. The largest absolute Gasteiger partial charge is 0.443 e. The van der Waals surface area contributed by atoms with Crippen LogP contribution in [-0.4, -0.2) is 35.8 Å². The van der Waals surface area contributed by atoms with Crippen LogP contribution in [0.1, 0.15) is 33.6 Å². The van der Waals surface area contributed by atoms with Gasteiger partial charge >= 0.3 is 6.09 Å². The SMILES string of the molecule is CC(C)(C)OC(=O)N(c1cccnc1)C1CCNCC1. The van der Waals surface area contributed by atoms with Gasteiger partial charge < -0.3 is 10.1 Å². The number of amides is 1. The second-order valence-electron chi connectivity index (χ2n) is 6.04. The van der Waals surface area contributed by atoms with Crippen LogP contribution >= 0.6 is 0 Å². The molecule has 0 unspecified atom stereocenters. The minimum absolute atomic E-state index is 0.162. The number of rotatable bonds is 2. The van der Waals surface area contributed by atoms with Crippen LogP contribution in [0.2, 0.25) is 0 Å². The highest BCUT2D eigenvalue weighted by molar-refractivity contribution is 5.88. The maximum Gasteiger partial charge on any atom is 0.415 e. The Labute approximate surface area is 120 Å². The highest BCUT2D eigenvalue weighted by atomic mass is 16.6. The second-order valence-corrected chi connectivity index (χ2v) is 6.04. The summed E-state index contributed by atoms with van der Waals surface area (Å²) in [6.07, 6.45) is 4.98. The fourth-order valence-corrected chi connectivity index (χ4v) is 2.34. The summed E-state index contributed by atoms with van der Waals surface area (Å²) in [4.78, 5) is 18.4. The van der Waals surface area contributed by atoms with Gasteiger partial charge in [-0.1, -0.05) is 0 Å². The number of carbonyl (C=O) groups excluding carboxylic acids is 1. The van der Waals surface area contributed by atoms with Gasteiger partial charge in [0.2, 0.25) is 0 Å². The molecule has 1 aromatic rings. The summed E-state index contributed by atoms with van der Waals surface area (Å²) >= 11 is 0. The Morgan fingerprint density at radius 1 is 1.40 bits per heavy atom. The van der Waals surface area contributed by atoms with Gasteiger partial charge in [-0.25, -0.2) is 4.79 Å². The lowest BCUT2D eigenvalue weighted by atomic mass is 10.0. The number of carbonyl (C=O) groups is 1. The van der Waals surface area contributed by atoms with Crippen LogP contribution in [0.4, 0.5) is 10.5 Å². The van der Waals surface area contributed by atoms with Crippen molar-refractivity contribution < 1.29 is 9.53 Å². The zero-order valence-corrected chi connectivity index (χ0v) is 12.4. The number of hydrogen-bond donors (Lipinski definition) is 1. The zero-order valence-electron chi connectivity index (χ0n) is 12.4. The molecule has 1 aliphatic heterocycles. The van der Waals surface area contributed by atoms with Gasteiger partial charge in [-0.05, 0) is 58.8 Å². The molecule has 0 saturated carbocycles. The third-order valence-electron chi connectivity index (χ3n) is 3.19. The van der Waals surface area contributed by atoms with E-state index in [-0.39, 0.29) is 12.1 Å². The molecule has 0 spiro atoms. The summed E-state index contributed by atoms with van der Waals surface area (Å²) in [7, 11) is 0. The molecule has 1 N–H and O–H groups in total. The summed E-state index contributed by atoms with van der Waals surface area (Å²) in [6.45, 7) is 7.49. The molecule has 0 radical (unpaired) electrons. The zero-order chi connectivity index (χ0) is 14.6. The quantitative estimate of drug-likeness (QED) is 0.902. The van der Waals surface area contributed by atoms with Gasteiger partial charge in [0, 0.05) is 12.2 Å². The average molecular weight is 277 g/mol. The van der Waals surface area contributed by atoms with E-state index in [0.717, 1.165) is 31.6 Å². The van der Waals surface area contributed by atoms with E-state index >= 15 is 0 Å². The van der Waals surface area contributed by atoms with Crippen LogP contribution in [0.25, 0.3) is 0 Å². The van der Waals surface area contributed by atoms with Crippen molar-refractivity contribution in [3.63, 3.8) is 0 Å². The van der Waals surface area contributed by atoms with Crippen molar-refractivity contribution in [1.29, 1.82) is 0 Å². The average Bonchev–Trinajstić information content (AvgIpc) is 2.39. The number of anilines is 1. The van der Waals surface area contributed by atoms with Crippen molar-refractivity contribution in [1.82, 2.24) is 10.3 Å². The van der Waals surface area contributed by atoms with Crippen molar-refractivity contribution in [2.45, 2.75) is 45.3 Å². The molecule has 1 aliphatic rings. The molecule has 2 heterocycles. The molecule has 1 amide bonds. The molecule has 20 heavy (non-hydrogen) atoms. The number of nitrogens with one attached hydrogen (secondary N) is 1. The van der Waals surface area contributed by atoms with Crippen LogP contribution in [0.15, 0.2) is 24.5 Å². The Morgan fingerprint density at radius 2 is 2.10 bits per heavy atom. The van der Waals surface area contributed by atoms with Gasteiger partial charge in [-0.3, -0.25) is 9.88 Å². The summed E-state index contributed by atoms with van der Waals surface area (Å²) in [5.74, 6) is 0. The second kappa shape index (κ2) is 6.22. The summed E-state index contributed by atoms with van der Waals surface area (Å²) < 4.78 is 5.55. The van der Waals surface area contributed by atoms with Crippen molar-refractivity contribution in [2.24, 2.45) is 0 Å². The van der Waals surface area contributed by atoms with Gasteiger partial charge in [0.1, 0.15) is 5.60 Å². The highest BCUT2D eigenvalue weighted by Gasteiger charge is 2.30. The molecule has 1 aromatic heterocycles. The molecule has 110 valence electrons. The molecule has 1 saturated heterocycles. The third kappa shape index (κ3) is 3.93. The number of nitrogens with zero attached hydrogens (tertiary/aromatic N) is 2. The van der Waals surface area contributed by atoms with Gasteiger partial charge in [0.15, 0.2) is 0 Å². The fourth-order valence-electron chi connectivity index (χ4n) is 2.34. The first kappa shape index (κ1) is 14.8. The van der Waals surface area contributed by atoms with Gasteiger partial charge in [-0.15, -0.1) is 0 Å². The lowest BCUT2D eigenvalue weighted by Gasteiger charge is -2.35. The minimum atomic E-state index is -0.496. The van der Waals surface area contributed by atoms with E-state index in [4.69, 9.17) is 4.74 Å². The maximum absolute atomic E-state index is 12.5. The van der Waals surface area contributed by atoms with Crippen LogP contribution in [-0.2, 0) is 4.74 Å². The number of piperidine rings is 1. The summed E-state index contributed by atoms with van der Waals surface area (Å²) in [5.41, 5.74) is 0.304.